The predicted molar refractivity (Wildman–Crippen MR) is 248 cm³/mol. The monoisotopic (exact) mass is 756 g/mol. The van der Waals surface area contributed by atoms with E-state index in [1.165, 1.54) is 49.9 Å². The van der Waals surface area contributed by atoms with Crippen LogP contribution in [0.3, 0.4) is 0 Å². The lowest BCUT2D eigenvalue weighted by atomic mass is 9.92. The van der Waals surface area contributed by atoms with E-state index in [9.17, 15) is 0 Å². The lowest BCUT2D eigenvalue weighted by molar-refractivity contribution is 0.669. The molecule has 0 radical (unpaired) electrons. The number of hydrogen-bond donors (Lipinski definition) is 0. The Kier molecular flexibility index (Phi) is 8.63. The summed E-state index contributed by atoms with van der Waals surface area (Å²) in [5.41, 5.74) is 16.1. The van der Waals surface area contributed by atoms with Gasteiger partial charge in [0.05, 0.1) is 0 Å². The van der Waals surface area contributed by atoms with Crippen molar-refractivity contribution in [2.45, 2.75) is 12.8 Å². The van der Waals surface area contributed by atoms with E-state index in [-0.39, 0.29) is 0 Å². The van der Waals surface area contributed by atoms with Crippen LogP contribution in [0, 0.1) is 0 Å². The van der Waals surface area contributed by atoms with Gasteiger partial charge in [-0.15, -0.1) is 0 Å². The molecule has 0 saturated carbocycles. The van der Waals surface area contributed by atoms with E-state index < -0.39 is 0 Å². The minimum atomic E-state index is 0.902. The van der Waals surface area contributed by atoms with Crippen LogP contribution in [0.5, 0.6) is 0 Å². The van der Waals surface area contributed by atoms with Gasteiger partial charge in [0.25, 0.3) is 0 Å². The Hall–Kier alpha value is -7.62. The molecule has 0 spiro atoms. The minimum absolute atomic E-state index is 0.902. The third-order valence-electron chi connectivity index (χ3n) is 11.7. The summed E-state index contributed by atoms with van der Waals surface area (Å²) in [6.45, 7) is 0. The summed E-state index contributed by atoms with van der Waals surface area (Å²) in [7, 11) is 0. The van der Waals surface area contributed by atoms with Gasteiger partial charge in [0, 0.05) is 44.9 Å². The average Bonchev–Trinajstić information content (AvgIpc) is 3.65. The first-order valence-electron chi connectivity index (χ1n) is 20.4. The molecule has 0 atom stereocenters. The number of fused-ring (bicyclic) bond motifs is 5. The summed E-state index contributed by atoms with van der Waals surface area (Å²) in [5.74, 6) is 0. The number of aryl methyl sites for hydroxylation is 1. The maximum atomic E-state index is 6.72. The standard InChI is InChI=1S/C56H40N2O/c1-5-13-39(14-6-1)41-21-27-49(28-22-41)57(47-17-9-3-10-18-47)51-31-25-43-35-53-54-36-44-26-32-52(34-46(44)38-56(54)59-55(53)37-45(43)33-51)58(48-19-11-4-12-20-48)50-29-23-42(24-30-50)40-15-7-2-8-16-40/h1-25,27-31,33-38H,26,32H2. The molecule has 280 valence electrons. The van der Waals surface area contributed by atoms with E-state index in [2.05, 4.69) is 228 Å². The highest BCUT2D eigenvalue weighted by Gasteiger charge is 2.22. The van der Waals surface area contributed by atoms with E-state index >= 15 is 0 Å². The highest BCUT2D eigenvalue weighted by molar-refractivity contribution is 6.11. The van der Waals surface area contributed by atoms with Gasteiger partial charge in [-0.05, 0) is 148 Å². The van der Waals surface area contributed by atoms with Crippen LogP contribution in [-0.4, -0.2) is 0 Å². The molecule has 0 fully saturated rings. The Morgan fingerprint density at radius 1 is 0.339 bits per heavy atom. The highest BCUT2D eigenvalue weighted by Crippen LogP contribution is 2.42. The first-order chi connectivity index (χ1) is 29.2. The highest BCUT2D eigenvalue weighted by atomic mass is 16.3. The molecule has 0 saturated heterocycles. The molecule has 0 aliphatic heterocycles. The SMILES string of the molecule is C1=C(N(c2ccccc2)c2ccc(-c3ccccc3)cc2)CCc2cc3c(cc21)oc1cc2cc(N(c4ccccc4)c4ccc(-c5ccccc5)cc4)ccc2cc13. The molecule has 1 heterocycles. The van der Waals surface area contributed by atoms with E-state index in [4.69, 9.17) is 4.42 Å². The smallest absolute Gasteiger partial charge is 0.136 e. The Morgan fingerprint density at radius 2 is 0.814 bits per heavy atom. The summed E-state index contributed by atoms with van der Waals surface area (Å²) < 4.78 is 6.72. The quantitative estimate of drug-likeness (QED) is 0.154. The van der Waals surface area contributed by atoms with Crippen LogP contribution in [-0.2, 0) is 6.42 Å². The largest absolute Gasteiger partial charge is 0.456 e. The number of nitrogens with zero attached hydrogens (tertiary/aromatic N) is 2. The molecule has 11 rings (SSSR count). The summed E-state index contributed by atoms with van der Waals surface area (Å²) in [6, 6.07) is 76.1. The normalized spacial score (nSPS) is 12.4. The third kappa shape index (κ3) is 6.53. The first kappa shape index (κ1) is 34.6. The maximum Gasteiger partial charge on any atom is 0.136 e. The number of rotatable bonds is 8. The van der Waals surface area contributed by atoms with Gasteiger partial charge in [0.15, 0.2) is 0 Å². The molecule has 9 aromatic carbocycles. The van der Waals surface area contributed by atoms with Crippen molar-refractivity contribution in [2.24, 2.45) is 0 Å². The molecule has 0 unspecified atom stereocenters. The summed E-state index contributed by atoms with van der Waals surface area (Å²) in [4.78, 5) is 4.73. The van der Waals surface area contributed by atoms with E-state index in [1.807, 2.05) is 0 Å². The van der Waals surface area contributed by atoms with Crippen LogP contribution in [0.4, 0.5) is 28.4 Å². The van der Waals surface area contributed by atoms with Gasteiger partial charge in [0.1, 0.15) is 11.2 Å². The van der Waals surface area contributed by atoms with Crippen molar-refractivity contribution in [1.29, 1.82) is 0 Å². The Balaban J connectivity index is 0.956. The van der Waals surface area contributed by atoms with E-state index in [0.717, 1.165) is 63.2 Å². The number of anilines is 5. The van der Waals surface area contributed by atoms with Gasteiger partial charge < -0.3 is 14.2 Å². The molecular weight excluding hydrogens is 717 g/mol. The Bertz CT molecular complexity index is 3120. The second-order valence-electron chi connectivity index (χ2n) is 15.3. The molecule has 0 amide bonds. The molecular formula is C56H40N2O. The van der Waals surface area contributed by atoms with Crippen LogP contribution < -0.4 is 9.80 Å². The van der Waals surface area contributed by atoms with Crippen molar-refractivity contribution in [1.82, 2.24) is 0 Å². The zero-order chi connectivity index (χ0) is 39.1. The van der Waals surface area contributed by atoms with Crippen molar-refractivity contribution in [3.8, 4) is 22.3 Å². The van der Waals surface area contributed by atoms with E-state index in [0.29, 0.717) is 0 Å². The Morgan fingerprint density at radius 3 is 1.42 bits per heavy atom. The topological polar surface area (TPSA) is 19.6 Å². The number of furan rings is 1. The second kappa shape index (κ2) is 14.7. The van der Waals surface area contributed by atoms with Crippen molar-refractivity contribution < 1.29 is 4.42 Å². The summed E-state index contributed by atoms with van der Waals surface area (Å²) in [6.07, 6.45) is 4.24. The Labute approximate surface area is 344 Å². The zero-order valence-electron chi connectivity index (χ0n) is 32.5. The molecule has 0 N–H and O–H groups in total. The first-order valence-corrected chi connectivity index (χ1v) is 20.4. The minimum Gasteiger partial charge on any atom is -0.456 e. The van der Waals surface area contributed by atoms with Crippen LogP contribution in [0.1, 0.15) is 17.5 Å². The summed E-state index contributed by atoms with van der Waals surface area (Å²) >= 11 is 0. The van der Waals surface area contributed by atoms with Gasteiger partial charge in [-0.2, -0.15) is 0 Å². The molecule has 59 heavy (non-hydrogen) atoms. The predicted octanol–water partition coefficient (Wildman–Crippen LogP) is 15.7. The van der Waals surface area contributed by atoms with Gasteiger partial charge in [0.2, 0.25) is 0 Å². The fraction of sp³-hybridized carbons (Fsp3) is 0.0357. The number of benzene rings is 9. The maximum absolute atomic E-state index is 6.72. The van der Waals surface area contributed by atoms with Crippen molar-refractivity contribution in [2.75, 3.05) is 9.80 Å². The molecule has 1 aliphatic carbocycles. The second-order valence-corrected chi connectivity index (χ2v) is 15.3. The molecule has 10 aromatic rings. The van der Waals surface area contributed by atoms with Crippen LogP contribution in [0.2, 0.25) is 0 Å². The lowest BCUT2D eigenvalue weighted by Crippen LogP contribution is -2.19. The number of allylic oxidation sites excluding steroid dienone is 1. The number of para-hydroxylation sites is 2. The van der Waals surface area contributed by atoms with Crippen LogP contribution in [0.25, 0.3) is 61.0 Å². The van der Waals surface area contributed by atoms with Gasteiger partial charge >= 0.3 is 0 Å². The average molecular weight is 757 g/mol. The molecule has 0 bridgehead atoms. The fourth-order valence-electron chi connectivity index (χ4n) is 8.74. The molecule has 3 heteroatoms. The van der Waals surface area contributed by atoms with Crippen molar-refractivity contribution in [3.63, 3.8) is 0 Å². The third-order valence-corrected chi connectivity index (χ3v) is 11.7. The van der Waals surface area contributed by atoms with Gasteiger partial charge in [-0.3, -0.25) is 0 Å². The number of hydrogen-bond acceptors (Lipinski definition) is 3. The van der Waals surface area contributed by atoms with Crippen LogP contribution >= 0.6 is 0 Å². The van der Waals surface area contributed by atoms with Crippen molar-refractivity contribution in [3.05, 3.63) is 229 Å². The molecule has 1 aliphatic rings. The van der Waals surface area contributed by atoms with Crippen molar-refractivity contribution >= 4 is 67.2 Å². The zero-order valence-corrected chi connectivity index (χ0v) is 32.5. The van der Waals surface area contributed by atoms with Crippen LogP contribution in [0.15, 0.2) is 222 Å². The van der Waals surface area contributed by atoms with E-state index in [1.54, 1.807) is 0 Å². The van der Waals surface area contributed by atoms with Gasteiger partial charge in [-0.1, -0.05) is 127 Å². The van der Waals surface area contributed by atoms with Gasteiger partial charge in [-0.25, -0.2) is 0 Å². The molecule has 3 nitrogen and oxygen atoms in total. The summed E-state index contributed by atoms with van der Waals surface area (Å²) in [5, 5.41) is 4.65. The molecule has 1 aromatic heterocycles. The lowest BCUT2D eigenvalue weighted by Gasteiger charge is -2.30. The fourth-order valence-corrected chi connectivity index (χ4v) is 8.74.